The molecule has 0 saturated heterocycles. The first-order valence-electron chi connectivity index (χ1n) is 6.50. The molecule has 2 saturated carbocycles. The van der Waals surface area contributed by atoms with E-state index in [-0.39, 0.29) is 0 Å². The van der Waals surface area contributed by atoms with Crippen molar-refractivity contribution in [2.45, 2.75) is 45.6 Å². The second-order valence-electron chi connectivity index (χ2n) is 5.79. The van der Waals surface area contributed by atoms with E-state index in [1.807, 2.05) is 0 Å². The summed E-state index contributed by atoms with van der Waals surface area (Å²) in [5.74, 6) is 2.70. The lowest BCUT2D eigenvalue weighted by atomic mass is 9.97. The number of alkyl halides is 1. The molecule has 1 atom stereocenters. The van der Waals surface area contributed by atoms with Gasteiger partial charge in [0.1, 0.15) is 0 Å². The third-order valence-electron chi connectivity index (χ3n) is 3.86. The van der Waals surface area contributed by atoms with Gasteiger partial charge in [0, 0.05) is 24.5 Å². The monoisotopic (exact) mass is 273 g/mol. The van der Waals surface area contributed by atoms with E-state index >= 15 is 0 Å². The van der Waals surface area contributed by atoms with Gasteiger partial charge in [0.05, 0.1) is 0 Å². The van der Waals surface area contributed by atoms with Gasteiger partial charge in [-0.15, -0.1) is 0 Å². The van der Waals surface area contributed by atoms with E-state index in [0.717, 1.165) is 23.8 Å². The lowest BCUT2D eigenvalue weighted by Gasteiger charge is -2.28. The summed E-state index contributed by atoms with van der Waals surface area (Å²) >= 11 is 3.67. The molecule has 88 valence electrons. The summed E-state index contributed by atoms with van der Waals surface area (Å²) in [5, 5.41) is 1.17. The number of hydrogen-bond acceptors (Lipinski definition) is 1. The zero-order chi connectivity index (χ0) is 10.8. The second kappa shape index (κ2) is 5.18. The first-order chi connectivity index (χ1) is 7.20. The van der Waals surface area contributed by atoms with Crippen molar-refractivity contribution in [1.82, 2.24) is 4.90 Å². The zero-order valence-electron chi connectivity index (χ0n) is 10.1. The van der Waals surface area contributed by atoms with Crippen LogP contribution < -0.4 is 0 Å². The van der Waals surface area contributed by atoms with Crippen molar-refractivity contribution in [3.8, 4) is 0 Å². The molecule has 0 aromatic rings. The molecular weight excluding hydrogens is 250 g/mol. The van der Waals surface area contributed by atoms with Gasteiger partial charge in [-0.3, -0.25) is 4.90 Å². The summed E-state index contributed by atoms with van der Waals surface area (Å²) in [6, 6.07) is 0.950. The van der Waals surface area contributed by atoms with Gasteiger partial charge in [-0.25, -0.2) is 0 Å². The fourth-order valence-electron chi connectivity index (χ4n) is 2.18. The van der Waals surface area contributed by atoms with E-state index in [0.29, 0.717) is 0 Å². The Kier molecular flexibility index (Phi) is 4.11. The smallest absolute Gasteiger partial charge is 0.00966 e. The van der Waals surface area contributed by atoms with Crippen LogP contribution in [0.2, 0.25) is 0 Å². The first-order valence-corrected chi connectivity index (χ1v) is 7.63. The Balaban J connectivity index is 1.80. The Morgan fingerprint density at radius 3 is 2.27 bits per heavy atom. The van der Waals surface area contributed by atoms with E-state index < -0.39 is 0 Å². The van der Waals surface area contributed by atoms with Gasteiger partial charge < -0.3 is 0 Å². The molecule has 1 unspecified atom stereocenters. The average molecular weight is 274 g/mol. The van der Waals surface area contributed by atoms with Crippen LogP contribution in [-0.4, -0.2) is 29.4 Å². The highest BCUT2D eigenvalue weighted by Gasteiger charge is 2.34. The number of nitrogens with zero attached hydrogens (tertiary/aromatic N) is 1. The zero-order valence-corrected chi connectivity index (χ0v) is 11.7. The van der Waals surface area contributed by atoms with Crippen LogP contribution in [0.25, 0.3) is 0 Å². The van der Waals surface area contributed by atoms with Crippen LogP contribution >= 0.6 is 15.9 Å². The van der Waals surface area contributed by atoms with Gasteiger partial charge in [0.25, 0.3) is 0 Å². The maximum atomic E-state index is 3.67. The highest BCUT2D eigenvalue weighted by molar-refractivity contribution is 9.09. The van der Waals surface area contributed by atoms with E-state index in [1.54, 1.807) is 0 Å². The summed E-state index contributed by atoms with van der Waals surface area (Å²) in [4.78, 5) is 2.78. The second-order valence-corrected chi connectivity index (χ2v) is 6.43. The molecule has 0 heterocycles. The molecule has 0 spiro atoms. The number of halogens is 1. The Labute approximate surface area is 103 Å². The van der Waals surface area contributed by atoms with E-state index in [2.05, 4.69) is 34.7 Å². The summed E-state index contributed by atoms with van der Waals surface area (Å²) in [6.45, 7) is 7.42. The molecule has 0 aromatic carbocycles. The fraction of sp³-hybridized carbons (Fsp3) is 1.00. The molecule has 0 aliphatic heterocycles. The predicted molar refractivity (Wildman–Crippen MR) is 69.4 cm³/mol. The van der Waals surface area contributed by atoms with Gasteiger partial charge in [0.15, 0.2) is 0 Å². The van der Waals surface area contributed by atoms with Crippen molar-refractivity contribution in [3.63, 3.8) is 0 Å². The lowest BCUT2D eigenvalue weighted by Crippen LogP contribution is -2.35. The van der Waals surface area contributed by atoms with Gasteiger partial charge >= 0.3 is 0 Å². The summed E-state index contributed by atoms with van der Waals surface area (Å²) in [7, 11) is 0. The SMILES string of the molecule is CC(C)C(CBr)CN(CC1CC1)C1CC1. The third kappa shape index (κ3) is 3.74. The quantitative estimate of drug-likeness (QED) is 0.642. The predicted octanol–water partition coefficient (Wildman–Crippen LogP) is 3.53. The third-order valence-corrected chi connectivity index (χ3v) is 4.69. The Hall–Kier alpha value is 0.440. The summed E-state index contributed by atoms with van der Waals surface area (Å²) in [6.07, 6.45) is 5.90. The minimum atomic E-state index is 0.810. The van der Waals surface area contributed by atoms with Crippen LogP contribution in [0.4, 0.5) is 0 Å². The van der Waals surface area contributed by atoms with Crippen molar-refractivity contribution >= 4 is 15.9 Å². The number of rotatable bonds is 7. The van der Waals surface area contributed by atoms with Gasteiger partial charge in [-0.05, 0) is 43.4 Å². The summed E-state index contributed by atoms with van der Waals surface area (Å²) < 4.78 is 0. The van der Waals surface area contributed by atoms with Gasteiger partial charge in [-0.2, -0.15) is 0 Å². The van der Waals surface area contributed by atoms with Gasteiger partial charge in [0.2, 0.25) is 0 Å². The van der Waals surface area contributed by atoms with E-state index in [1.165, 1.54) is 44.1 Å². The standard InChI is InChI=1S/C13H24BrN/c1-10(2)12(7-14)9-15(13-5-6-13)8-11-3-4-11/h10-13H,3-9H2,1-2H3. The molecule has 0 amide bonds. The van der Waals surface area contributed by atoms with Crippen LogP contribution in [0.15, 0.2) is 0 Å². The number of hydrogen-bond donors (Lipinski definition) is 0. The Morgan fingerprint density at radius 1 is 1.20 bits per heavy atom. The minimum absolute atomic E-state index is 0.810. The van der Waals surface area contributed by atoms with Gasteiger partial charge in [-0.1, -0.05) is 29.8 Å². The van der Waals surface area contributed by atoms with Crippen molar-refractivity contribution < 1.29 is 0 Å². The topological polar surface area (TPSA) is 3.24 Å². The molecule has 2 fully saturated rings. The molecule has 2 rings (SSSR count). The molecular formula is C13H24BrN. The van der Waals surface area contributed by atoms with Crippen LogP contribution in [-0.2, 0) is 0 Å². The Bertz CT molecular complexity index is 197. The highest BCUT2D eigenvalue weighted by atomic mass is 79.9. The average Bonchev–Trinajstić information content (AvgIpc) is 3.00. The first kappa shape index (κ1) is 11.9. The van der Waals surface area contributed by atoms with Crippen molar-refractivity contribution in [2.24, 2.45) is 17.8 Å². The van der Waals surface area contributed by atoms with Crippen molar-refractivity contribution in [1.29, 1.82) is 0 Å². The molecule has 0 radical (unpaired) electrons. The van der Waals surface area contributed by atoms with Crippen LogP contribution in [0, 0.1) is 17.8 Å². The minimum Gasteiger partial charge on any atom is -0.300 e. The van der Waals surface area contributed by atoms with Crippen molar-refractivity contribution in [2.75, 3.05) is 18.4 Å². The lowest BCUT2D eigenvalue weighted by molar-refractivity contribution is 0.198. The molecule has 2 aliphatic rings. The fourth-order valence-corrected chi connectivity index (χ4v) is 3.14. The maximum absolute atomic E-state index is 3.67. The van der Waals surface area contributed by atoms with Crippen LogP contribution in [0.5, 0.6) is 0 Å². The van der Waals surface area contributed by atoms with Crippen LogP contribution in [0.3, 0.4) is 0 Å². The maximum Gasteiger partial charge on any atom is 0.00966 e. The van der Waals surface area contributed by atoms with E-state index in [4.69, 9.17) is 0 Å². The largest absolute Gasteiger partial charge is 0.300 e. The molecule has 0 aromatic heterocycles. The molecule has 2 heteroatoms. The molecule has 15 heavy (non-hydrogen) atoms. The normalized spacial score (nSPS) is 23.8. The molecule has 0 bridgehead atoms. The summed E-state index contributed by atoms with van der Waals surface area (Å²) in [5.41, 5.74) is 0. The highest BCUT2D eigenvalue weighted by Crippen LogP contribution is 2.35. The molecule has 0 N–H and O–H groups in total. The van der Waals surface area contributed by atoms with Crippen molar-refractivity contribution in [3.05, 3.63) is 0 Å². The molecule has 1 nitrogen and oxygen atoms in total. The molecule has 2 aliphatic carbocycles. The Morgan fingerprint density at radius 2 is 1.87 bits per heavy atom. The van der Waals surface area contributed by atoms with E-state index in [9.17, 15) is 0 Å². The van der Waals surface area contributed by atoms with Crippen LogP contribution in [0.1, 0.15) is 39.5 Å².